The summed E-state index contributed by atoms with van der Waals surface area (Å²) >= 11 is 3.27. The van der Waals surface area contributed by atoms with Crippen LogP contribution in [0.2, 0.25) is 0 Å². The van der Waals surface area contributed by atoms with Crippen molar-refractivity contribution in [3.63, 3.8) is 0 Å². The Morgan fingerprint density at radius 3 is 2.32 bits per heavy atom. The third kappa shape index (κ3) is 7.39. The first-order valence-corrected chi connectivity index (χ1v) is 6.48. The van der Waals surface area contributed by atoms with Crippen LogP contribution < -0.4 is 4.74 Å². The van der Waals surface area contributed by atoms with Crippen LogP contribution in [-0.4, -0.2) is 49.0 Å². The van der Waals surface area contributed by atoms with Crippen molar-refractivity contribution in [1.29, 1.82) is 0 Å². The van der Waals surface area contributed by atoms with Crippen LogP contribution in [0.1, 0.15) is 0 Å². The van der Waals surface area contributed by atoms with E-state index in [1.807, 2.05) is 0 Å². The Bertz CT molecular complexity index is 370. The highest BCUT2D eigenvalue weighted by Crippen LogP contribution is 2.17. The molecule has 0 aliphatic heterocycles. The number of nitrogens with zero attached hydrogens (tertiary/aromatic N) is 1. The summed E-state index contributed by atoms with van der Waals surface area (Å²) in [5, 5.41) is 8.73. The van der Waals surface area contributed by atoms with Gasteiger partial charge in [-0.3, -0.25) is 4.90 Å². The summed E-state index contributed by atoms with van der Waals surface area (Å²) < 4.78 is 43.0. The fourth-order valence-corrected chi connectivity index (χ4v) is 1.75. The van der Waals surface area contributed by atoms with Gasteiger partial charge in [-0.15, -0.1) is 0 Å². The lowest BCUT2D eigenvalue weighted by Gasteiger charge is -2.22. The Balaban J connectivity index is 2.37. The number of benzene rings is 1. The molecule has 0 radical (unpaired) electrons. The maximum Gasteiger partial charge on any atom is 0.401 e. The summed E-state index contributed by atoms with van der Waals surface area (Å²) in [5.74, 6) is 0.596. The quantitative estimate of drug-likeness (QED) is 0.827. The normalized spacial score (nSPS) is 11.9. The highest BCUT2D eigenvalue weighted by Gasteiger charge is 2.30. The smallest absolute Gasteiger partial charge is 0.401 e. The van der Waals surface area contributed by atoms with Gasteiger partial charge in [0, 0.05) is 17.6 Å². The molecule has 1 rings (SSSR count). The van der Waals surface area contributed by atoms with E-state index >= 15 is 0 Å². The monoisotopic (exact) mass is 341 g/mol. The van der Waals surface area contributed by atoms with E-state index in [4.69, 9.17) is 9.84 Å². The van der Waals surface area contributed by atoms with Gasteiger partial charge in [0.15, 0.2) is 0 Å². The molecule has 3 nitrogen and oxygen atoms in total. The first kappa shape index (κ1) is 16.3. The maximum atomic E-state index is 12.3. The van der Waals surface area contributed by atoms with Gasteiger partial charge in [0.05, 0.1) is 13.2 Å². The minimum Gasteiger partial charge on any atom is -0.492 e. The molecule has 0 saturated heterocycles. The number of hydrogen-bond donors (Lipinski definition) is 1. The molecule has 1 aromatic carbocycles. The molecular weight excluding hydrogens is 327 g/mol. The molecule has 0 heterocycles. The lowest BCUT2D eigenvalue weighted by atomic mass is 10.3. The number of ether oxygens (including phenoxy) is 1. The van der Waals surface area contributed by atoms with Crippen molar-refractivity contribution in [3.05, 3.63) is 28.7 Å². The zero-order chi connectivity index (χ0) is 14.3. The van der Waals surface area contributed by atoms with E-state index in [1.165, 1.54) is 0 Å². The fraction of sp³-hybridized carbons (Fsp3) is 0.500. The van der Waals surface area contributed by atoms with Crippen LogP contribution in [0, 0.1) is 0 Å². The number of rotatable bonds is 7. The molecule has 0 spiro atoms. The zero-order valence-corrected chi connectivity index (χ0v) is 11.7. The molecule has 0 aromatic heterocycles. The Hall–Kier alpha value is -0.790. The van der Waals surface area contributed by atoms with Crippen LogP contribution in [0.5, 0.6) is 5.75 Å². The van der Waals surface area contributed by atoms with E-state index in [9.17, 15) is 13.2 Å². The van der Waals surface area contributed by atoms with Gasteiger partial charge in [0.1, 0.15) is 12.4 Å². The Kier molecular flexibility index (Phi) is 6.60. The highest BCUT2D eigenvalue weighted by atomic mass is 79.9. The van der Waals surface area contributed by atoms with E-state index < -0.39 is 12.7 Å². The third-order valence-corrected chi connectivity index (χ3v) is 2.84. The predicted octanol–water partition coefficient (Wildman–Crippen LogP) is 2.68. The van der Waals surface area contributed by atoms with Crippen LogP contribution in [0.4, 0.5) is 13.2 Å². The maximum absolute atomic E-state index is 12.3. The molecule has 0 amide bonds. The van der Waals surface area contributed by atoms with Gasteiger partial charge < -0.3 is 9.84 Å². The molecule has 0 bridgehead atoms. The molecule has 108 valence electrons. The molecule has 1 N–H and O–H groups in total. The van der Waals surface area contributed by atoms with E-state index in [0.29, 0.717) is 5.75 Å². The average molecular weight is 342 g/mol. The summed E-state index contributed by atoms with van der Waals surface area (Å²) in [6.07, 6.45) is -4.27. The first-order valence-electron chi connectivity index (χ1n) is 5.69. The Morgan fingerprint density at radius 2 is 1.79 bits per heavy atom. The van der Waals surface area contributed by atoms with E-state index in [2.05, 4.69) is 15.9 Å². The van der Waals surface area contributed by atoms with Gasteiger partial charge in [0.25, 0.3) is 0 Å². The standard InChI is InChI=1S/C12H15BrF3NO2/c13-10-1-3-11(4-2-10)19-8-6-17(5-7-18)9-12(14,15)16/h1-4,18H,5-9H2. The highest BCUT2D eigenvalue weighted by molar-refractivity contribution is 9.10. The summed E-state index contributed by atoms with van der Waals surface area (Å²) in [6.45, 7) is -1.14. The summed E-state index contributed by atoms with van der Waals surface area (Å²) in [7, 11) is 0. The topological polar surface area (TPSA) is 32.7 Å². The van der Waals surface area contributed by atoms with E-state index in [1.54, 1.807) is 24.3 Å². The molecule has 0 aliphatic carbocycles. The predicted molar refractivity (Wildman–Crippen MR) is 69.2 cm³/mol. The lowest BCUT2D eigenvalue weighted by Crippen LogP contribution is -2.38. The number of aliphatic hydroxyl groups excluding tert-OH is 1. The van der Waals surface area contributed by atoms with Gasteiger partial charge in [-0.1, -0.05) is 15.9 Å². The Labute approximate surface area is 118 Å². The average Bonchev–Trinajstić information content (AvgIpc) is 2.30. The number of halogens is 4. The molecule has 0 saturated carbocycles. The molecule has 19 heavy (non-hydrogen) atoms. The Morgan fingerprint density at radius 1 is 1.16 bits per heavy atom. The third-order valence-electron chi connectivity index (χ3n) is 2.31. The van der Waals surface area contributed by atoms with Crippen molar-refractivity contribution in [2.45, 2.75) is 6.18 Å². The molecular formula is C12H15BrF3NO2. The minimum atomic E-state index is -4.27. The minimum absolute atomic E-state index is 0.0246. The number of aliphatic hydroxyl groups is 1. The molecule has 0 fully saturated rings. The van der Waals surface area contributed by atoms with Crippen molar-refractivity contribution in [2.75, 3.05) is 32.8 Å². The van der Waals surface area contributed by atoms with Crippen LogP contribution in [-0.2, 0) is 0 Å². The second-order valence-corrected chi connectivity index (χ2v) is 4.83. The lowest BCUT2D eigenvalue weighted by molar-refractivity contribution is -0.147. The second-order valence-electron chi connectivity index (χ2n) is 3.92. The van der Waals surface area contributed by atoms with Crippen molar-refractivity contribution in [1.82, 2.24) is 4.90 Å². The largest absolute Gasteiger partial charge is 0.492 e. The van der Waals surface area contributed by atoms with Crippen LogP contribution in [0.3, 0.4) is 0 Å². The molecule has 0 atom stereocenters. The molecule has 1 aromatic rings. The van der Waals surface area contributed by atoms with Gasteiger partial charge in [-0.25, -0.2) is 0 Å². The number of hydrogen-bond acceptors (Lipinski definition) is 3. The van der Waals surface area contributed by atoms with Gasteiger partial charge in [-0.2, -0.15) is 13.2 Å². The van der Waals surface area contributed by atoms with Crippen molar-refractivity contribution in [2.24, 2.45) is 0 Å². The molecule has 0 aliphatic rings. The van der Waals surface area contributed by atoms with Crippen molar-refractivity contribution < 1.29 is 23.0 Å². The van der Waals surface area contributed by atoms with Crippen LogP contribution in [0.25, 0.3) is 0 Å². The van der Waals surface area contributed by atoms with Gasteiger partial charge in [0.2, 0.25) is 0 Å². The van der Waals surface area contributed by atoms with E-state index in [0.717, 1.165) is 9.37 Å². The zero-order valence-electron chi connectivity index (χ0n) is 10.2. The van der Waals surface area contributed by atoms with Crippen LogP contribution >= 0.6 is 15.9 Å². The van der Waals surface area contributed by atoms with Crippen LogP contribution in [0.15, 0.2) is 28.7 Å². The van der Waals surface area contributed by atoms with Crippen molar-refractivity contribution >= 4 is 15.9 Å². The first-order chi connectivity index (χ1) is 8.90. The van der Waals surface area contributed by atoms with Crippen molar-refractivity contribution in [3.8, 4) is 5.75 Å². The van der Waals surface area contributed by atoms with E-state index in [-0.39, 0.29) is 26.3 Å². The SMILES string of the molecule is OCCN(CCOc1ccc(Br)cc1)CC(F)(F)F. The summed E-state index contributed by atoms with van der Waals surface area (Å²) in [4.78, 5) is 1.11. The molecule has 0 unspecified atom stereocenters. The molecule has 7 heteroatoms. The van der Waals surface area contributed by atoms with Gasteiger partial charge in [-0.05, 0) is 24.3 Å². The fourth-order valence-electron chi connectivity index (χ4n) is 1.49. The second kappa shape index (κ2) is 7.72. The van der Waals surface area contributed by atoms with Gasteiger partial charge >= 0.3 is 6.18 Å². The summed E-state index contributed by atoms with van der Waals surface area (Å²) in [6, 6.07) is 7.03. The summed E-state index contributed by atoms with van der Waals surface area (Å²) in [5.41, 5.74) is 0. The number of alkyl halides is 3.